The van der Waals surface area contributed by atoms with Crippen LogP contribution in [0.3, 0.4) is 0 Å². The number of aryl methyl sites for hydroxylation is 1. The van der Waals surface area contributed by atoms with E-state index in [2.05, 4.69) is 28.6 Å². The van der Waals surface area contributed by atoms with Crippen molar-refractivity contribution in [3.05, 3.63) is 29.6 Å². The Morgan fingerprint density at radius 3 is 2.92 bits per heavy atom. The van der Waals surface area contributed by atoms with Crippen LogP contribution in [0.4, 0.5) is 0 Å². The third-order valence-electron chi connectivity index (χ3n) is 1.96. The van der Waals surface area contributed by atoms with Crippen LogP contribution in [-0.4, -0.2) is 25.1 Å². The van der Waals surface area contributed by atoms with E-state index in [0.29, 0.717) is 0 Å². The Kier molecular flexibility index (Phi) is 4.43. The van der Waals surface area contributed by atoms with Crippen molar-refractivity contribution in [2.24, 2.45) is 0 Å². The van der Waals surface area contributed by atoms with E-state index in [1.807, 2.05) is 19.3 Å². The second-order valence-corrected chi connectivity index (χ2v) is 3.05. The van der Waals surface area contributed by atoms with Crippen molar-refractivity contribution < 1.29 is 0 Å². The molecule has 0 atom stereocenters. The van der Waals surface area contributed by atoms with Gasteiger partial charge in [0.1, 0.15) is 0 Å². The fourth-order valence-corrected chi connectivity index (χ4v) is 1.12. The number of hydrogen-bond donors (Lipinski definition) is 2. The molecule has 0 aliphatic rings. The highest BCUT2D eigenvalue weighted by molar-refractivity contribution is 5.17. The lowest BCUT2D eigenvalue weighted by Gasteiger charge is -2.05. The van der Waals surface area contributed by atoms with Crippen LogP contribution in [0.25, 0.3) is 0 Å². The highest BCUT2D eigenvalue weighted by Gasteiger charge is 1.96. The first-order valence-corrected chi connectivity index (χ1v) is 4.60. The summed E-state index contributed by atoms with van der Waals surface area (Å²) in [6.07, 6.45) is 1.84. The molecule has 3 nitrogen and oxygen atoms in total. The summed E-state index contributed by atoms with van der Waals surface area (Å²) in [5.41, 5.74) is 2.39. The summed E-state index contributed by atoms with van der Waals surface area (Å²) in [7, 11) is 1.95. The third-order valence-corrected chi connectivity index (χ3v) is 1.96. The summed E-state index contributed by atoms with van der Waals surface area (Å²) < 4.78 is 0. The molecule has 0 saturated heterocycles. The topological polar surface area (TPSA) is 37.0 Å². The molecule has 1 aromatic rings. The van der Waals surface area contributed by atoms with Gasteiger partial charge in [0.05, 0.1) is 5.69 Å². The average molecular weight is 179 g/mol. The molecule has 1 aromatic heterocycles. The van der Waals surface area contributed by atoms with Gasteiger partial charge in [0.25, 0.3) is 0 Å². The second-order valence-electron chi connectivity index (χ2n) is 3.05. The second kappa shape index (κ2) is 5.67. The van der Waals surface area contributed by atoms with Gasteiger partial charge in [-0.25, -0.2) is 0 Å². The molecule has 0 unspecified atom stereocenters. The van der Waals surface area contributed by atoms with E-state index in [9.17, 15) is 0 Å². The van der Waals surface area contributed by atoms with Gasteiger partial charge in [-0.2, -0.15) is 0 Å². The maximum absolute atomic E-state index is 4.29. The number of rotatable bonds is 5. The quantitative estimate of drug-likeness (QED) is 0.653. The Labute approximate surface area is 79.6 Å². The Hall–Kier alpha value is -0.930. The highest BCUT2D eigenvalue weighted by atomic mass is 14.9. The minimum Gasteiger partial charge on any atom is -0.318 e. The van der Waals surface area contributed by atoms with Crippen molar-refractivity contribution in [2.75, 3.05) is 20.1 Å². The molecule has 72 valence electrons. The molecule has 0 saturated carbocycles. The predicted molar refractivity (Wildman–Crippen MR) is 54.6 cm³/mol. The Morgan fingerprint density at radius 2 is 2.23 bits per heavy atom. The number of aromatic nitrogens is 1. The molecule has 3 heteroatoms. The molecule has 0 aliphatic heterocycles. The molecule has 1 heterocycles. The highest BCUT2D eigenvalue weighted by Crippen LogP contribution is 2.01. The monoisotopic (exact) mass is 179 g/mol. The van der Waals surface area contributed by atoms with Crippen LogP contribution >= 0.6 is 0 Å². The van der Waals surface area contributed by atoms with Crippen molar-refractivity contribution in [2.45, 2.75) is 13.5 Å². The molecule has 0 aromatic carbocycles. The van der Waals surface area contributed by atoms with Crippen LogP contribution in [0.5, 0.6) is 0 Å². The van der Waals surface area contributed by atoms with Crippen LogP contribution in [0, 0.1) is 6.92 Å². The lowest BCUT2D eigenvalue weighted by molar-refractivity contribution is 0.640. The number of nitrogens with zero attached hydrogens (tertiary/aromatic N) is 1. The van der Waals surface area contributed by atoms with E-state index in [4.69, 9.17) is 0 Å². The van der Waals surface area contributed by atoms with Gasteiger partial charge < -0.3 is 10.6 Å². The molecular formula is C10H17N3. The van der Waals surface area contributed by atoms with Crippen molar-refractivity contribution in [3.8, 4) is 0 Å². The molecule has 0 radical (unpaired) electrons. The minimum absolute atomic E-state index is 0.856. The smallest absolute Gasteiger partial charge is 0.0570 e. The third kappa shape index (κ3) is 3.53. The Bertz CT molecular complexity index is 248. The summed E-state index contributed by atoms with van der Waals surface area (Å²) in [4.78, 5) is 4.29. The normalized spacial score (nSPS) is 10.3. The molecule has 0 amide bonds. The average Bonchev–Trinajstić information content (AvgIpc) is 2.15. The lowest BCUT2D eigenvalue weighted by Crippen LogP contribution is -2.25. The molecular weight excluding hydrogens is 162 g/mol. The lowest BCUT2D eigenvalue weighted by atomic mass is 10.2. The van der Waals surface area contributed by atoms with Gasteiger partial charge in [-0.05, 0) is 25.6 Å². The standard InChI is InChI=1S/C10H17N3/c1-9-4-3-5-13-10(9)8-12-7-6-11-2/h3-5,11-12H,6-8H2,1-2H3. The fraction of sp³-hybridized carbons (Fsp3) is 0.500. The predicted octanol–water partition coefficient (Wildman–Crippen LogP) is 0.699. The van der Waals surface area contributed by atoms with Crippen LogP contribution in [0.1, 0.15) is 11.3 Å². The molecule has 0 spiro atoms. The van der Waals surface area contributed by atoms with Crippen molar-refractivity contribution in [1.29, 1.82) is 0 Å². The van der Waals surface area contributed by atoms with E-state index in [1.54, 1.807) is 0 Å². The summed E-state index contributed by atoms with van der Waals surface area (Å²) in [5.74, 6) is 0. The van der Waals surface area contributed by atoms with Gasteiger partial charge in [0.15, 0.2) is 0 Å². The maximum atomic E-state index is 4.29. The number of hydrogen-bond acceptors (Lipinski definition) is 3. The Balaban J connectivity index is 2.32. The first kappa shape index (κ1) is 10.2. The summed E-state index contributed by atoms with van der Waals surface area (Å²) in [6, 6.07) is 4.05. The van der Waals surface area contributed by atoms with Gasteiger partial charge in [-0.15, -0.1) is 0 Å². The van der Waals surface area contributed by atoms with Crippen LogP contribution in [0.15, 0.2) is 18.3 Å². The Morgan fingerprint density at radius 1 is 1.38 bits per heavy atom. The first-order valence-electron chi connectivity index (χ1n) is 4.60. The van der Waals surface area contributed by atoms with Gasteiger partial charge in [-0.3, -0.25) is 4.98 Å². The number of nitrogens with one attached hydrogen (secondary N) is 2. The van der Waals surface area contributed by atoms with E-state index in [-0.39, 0.29) is 0 Å². The maximum Gasteiger partial charge on any atom is 0.0570 e. The van der Waals surface area contributed by atoms with Gasteiger partial charge in [-0.1, -0.05) is 6.07 Å². The van der Waals surface area contributed by atoms with Gasteiger partial charge in [0.2, 0.25) is 0 Å². The zero-order valence-electron chi connectivity index (χ0n) is 8.30. The summed E-state index contributed by atoms with van der Waals surface area (Å²) in [6.45, 7) is 4.91. The zero-order chi connectivity index (χ0) is 9.52. The van der Waals surface area contributed by atoms with Crippen molar-refractivity contribution in [3.63, 3.8) is 0 Å². The van der Waals surface area contributed by atoms with E-state index in [1.165, 1.54) is 5.56 Å². The van der Waals surface area contributed by atoms with Crippen molar-refractivity contribution >= 4 is 0 Å². The molecule has 0 bridgehead atoms. The van der Waals surface area contributed by atoms with Gasteiger partial charge in [0, 0.05) is 25.8 Å². The molecule has 0 fully saturated rings. The van der Waals surface area contributed by atoms with E-state index < -0.39 is 0 Å². The fourth-order valence-electron chi connectivity index (χ4n) is 1.12. The first-order chi connectivity index (χ1) is 6.34. The molecule has 0 aliphatic carbocycles. The van der Waals surface area contributed by atoms with Crippen LogP contribution in [0.2, 0.25) is 0 Å². The number of likely N-dealkylation sites (N-methyl/N-ethyl adjacent to an activating group) is 1. The summed E-state index contributed by atoms with van der Waals surface area (Å²) >= 11 is 0. The van der Waals surface area contributed by atoms with E-state index >= 15 is 0 Å². The van der Waals surface area contributed by atoms with Crippen LogP contribution in [-0.2, 0) is 6.54 Å². The van der Waals surface area contributed by atoms with Crippen LogP contribution < -0.4 is 10.6 Å². The SMILES string of the molecule is CNCCNCc1ncccc1C. The molecule has 1 rings (SSSR count). The van der Waals surface area contributed by atoms with Crippen molar-refractivity contribution in [1.82, 2.24) is 15.6 Å². The largest absolute Gasteiger partial charge is 0.318 e. The minimum atomic E-state index is 0.856. The van der Waals surface area contributed by atoms with E-state index in [0.717, 1.165) is 25.3 Å². The zero-order valence-corrected chi connectivity index (χ0v) is 8.30. The summed E-state index contributed by atoms with van der Waals surface area (Å²) in [5, 5.41) is 6.40. The molecule has 2 N–H and O–H groups in total. The number of pyridine rings is 1. The van der Waals surface area contributed by atoms with Gasteiger partial charge >= 0.3 is 0 Å². The molecule has 13 heavy (non-hydrogen) atoms.